The molecule has 0 radical (unpaired) electrons. The molecule has 4 rings (SSSR count). The van der Waals surface area contributed by atoms with Gasteiger partial charge in [-0.25, -0.2) is 13.2 Å². The van der Waals surface area contributed by atoms with Crippen LogP contribution in [0.1, 0.15) is 64.7 Å². The van der Waals surface area contributed by atoms with Crippen LogP contribution in [0.2, 0.25) is 0 Å². The lowest BCUT2D eigenvalue weighted by atomic mass is 9.77. The van der Waals surface area contributed by atoms with Gasteiger partial charge in [0, 0.05) is 12.1 Å². The maximum Gasteiger partial charge on any atom is 0.325 e. The molecular formula is C20H31N3O5S. The van der Waals surface area contributed by atoms with E-state index in [1.54, 1.807) is 4.90 Å². The van der Waals surface area contributed by atoms with Crippen LogP contribution in [0, 0.1) is 5.92 Å². The van der Waals surface area contributed by atoms with Crippen LogP contribution in [-0.2, 0) is 19.4 Å². The summed E-state index contributed by atoms with van der Waals surface area (Å²) >= 11 is 0. The number of carbonyl (C=O) groups is 3. The number of urea groups is 1. The maximum atomic E-state index is 13.3. The SMILES string of the molecule is CC1CCC2(CC1)NC(=O)N(CC(=O)N(C1CCCC1)[C@H]1CCS(=O)(=O)C1)C2=O. The summed E-state index contributed by atoms with van der Waals surface area (Å²) in [6, 6.07) is -0.838. The molecule has 4 aliphatic rings. The molecule has 162 valence electrons. The number of nitrogens with zero attached hydrogens (tertiary/aromatic N) is 2. The average molecular weight is 426 g/mol. The topological polar surface area (TPSA) is 104 Å². The fourth-order valence-corrected chi connectivity index (χ4v) is 7.22. The molecule has 0 aromatic rings. The highest BCUT2D eigenvalue weighted by atomic mass is 32.2. The Morgan fingerprint density at radius 3 is 2.34 bits per heavy atom. The highest BCUT2D eigenvalue weighted by Crippen LogP contribution is 2.36. The van der Waals surface area contributed by atoms with E-state index in [9.17, 15) is 22.8 Å². The molecule has 2 heterocycles. The van der Waals surface area contributed by atoms with Gasteiger partial charge < -0.3 is 10.2 Å². The molecule has 0 unspecified atom stereocenters. The van der Waals surface area contributed by atoms with Crippen LogP contribution >= 0.6 is 0 Å². The largest absolute Gasteiger partial charge is 0.334 e. The van der Waals surface area contributed by atoms with E-state index in [2.05, 4.69) is 12.2 Å². The van der Waals surface area contributed by atoms with Crippen molar-refractivity contribution in [3.05, 3.63) is 0 Å². The summed E-state index contributed by atoms with van der Waals surface area (Å²) in [7, 11) is -3.13. The van der Waals surface area contributed by atoms with E-state index in [0.717, 1.165) is 43.4 Å². The van der Waals surface area contributed by atoms with Crippen molar-refractivity contribution in [2.75, 3.05) is 18.1 Å². The van der Waals surface area contributed by atoms with E-state index in [0.29, 0.717) is 25.2 Å². The lowest BCUT2D eigenvalue weighted by Crippen LogP contribution is -2.52. The lowest BCUT2D eigenvalue weighted by molar-refractivity contribution is -0.142. The van der Waals surface area contributed by atoms with E-state index in [-0.39, 0.29) is 41.9 Å². The Hall–Kier alpha value is -1.64. The number of hydrogen-bond donors (Lipinski definition) is 1. The van der Waals surface area contributed by atoms with Gasteiger partial charge in [0.25, 0.3) is 5.91 Å². The Morgan fingerprint density at radius 2 is 1.76 bits per heavy atom. The summed E-state index contributed by atoms with van der Waals surface area (Å²) in [5, 5.41) is 2.86. The van der Waals surface area contributed by atoms with Gasteiger partial charge >= 0.3 is 6.03 Å². The molecule has 1 N–H and O–H groups in total. The predicted molar refractivity (Wildman–Crippen MR) is 107 cm³/mol. The lowest BCUT2D eigenvalue weighted by Gasteiger charge is -2.35. The highest BCUT2D eigenvalue weighted by molar-refractivity contribution is 7.91. The third-order valence-corrected chi connectivity index (χ3v) is 9.03. The number of amides is 4. The van der Waals surface area contributed by atoms with Gasteiger partial charge in [-0.2, -0.15) is 0 Å². The van der Waals surface area contributed by atoms with Gasteiger partial charge in [0.05, 0.1) is 11.5 Å². The van der Waals surface area contributed by atoms with E-state index in [4.69, 9.17) is 0 Å². The fourth-order valence-electron chi connectivity index (χ4n) is 5.51. The monoisotopic (exact) mass is 425 g/mol. The number of imide groups is 1. The van der Waals surface area contributed by atoms with E-state index < -0.39 is 21.4 Å². The maximum absolute atomic E-state index is 13.3. The Kier molecular flexibility index (Phi) is 5.38. The smallest absolute Gasteiger partial charge is 0.325 e. The van der Waals surface area contributed by atoms with Crippen molar-refractivity contribution >= 4 is 27.7 Å². The molecule has 0 bridgehead atoms. The van der Waals surface area contributed by atoms with Gasteiger partial charge in [0.15, 0.2) is 9.84 Å². The molecule has 1 atom stereocenters. The van der Waals surface area contributed by atoms with Crippen molar-refractivity contribution in [1.29, 1.82) is 0 Å². The van der Waals surface area contributed by atoms with Crippen molar-refractivity contribution in [3.8, 4) is 0 Å². The van der Waals surface area contributed by atoms with Gasteiger partial charge in [0.2, 0.25) is 5.91 Å². The zero-order chi connectivity index (χ0) is 20.8. The molecule has 2 aliphatic carbocycles. The summed E-state index contributed by atoms with van der Waals surface area (Å²) in [6.45, 7) is 1.85. The molecule has 4 fully saturated rings. The van der Waals surface area contributed by atoms with Gasteiger partial charge in [0.1, 0.15) is 12.1 Å². The third-order valence-electron chi connectivity index (χ3n) is 7.27. The van der Waals surface area contributed by atoms with Gasteiger partial charge in [-0.15, -0.1) is 0 Å². The molecule has 9 heteroatoms. The molecule has 1 spiro atoms. The zero-order valence-corrected chi connectivity index (χ0v) is 17.9. The van der Waals surface area contributed by atoms with Crippen molar-refractivity contribution < 1.29 is 22.8 Å². The van der Waals surface area contributed by atoms with Crippen LogP contribution < -0.4 is 5.32 Å². The first-order valence-electron chi connectivity index (χ1n) is 10.9. The molecule has 29 heavy (non-hydrogen) atoms. The van der Waals surface area contributed by atoms with Crippen molar-refractivity contribution in [2.24, 2.45) is 5.92 Å². The molecular weight excluding hydrogens is 394 g/mol. The van der Waals surface area contributed by atoms with Crippen LogP contribution in [-0.4, -0.2) is 71.7 Å². The molecule has 0 aromatic carbocycles. The Bertz CT molecular complexity index is 797. The summed E-state index contributed by atoms with van der Waals surface area (Å²) in [5.41, 5.74) is -0.862. The predicted octanol–water partition coefficient (Wildman–Crippen LogP) is 1.45. The normalized spacial score (nSPS) is 34.7. The Morgan fingerprint density at radius 1 is 1.10 bits per heavy atom. The molecule has 2 aliphatic heterocycles. The quantitative estimate of drug-likeness (QED) is 0.687. The zero-order valence-electron chi connectivity index (χ0n) is 17.1. The third kappa shape index (κ3) is 3.90. The molecule has 4 amide bonds. The minimum atomic E-state index is -3.13. The number of carbonyl (C=O) groups excluding carboxylic acids is 3. The van der Waals surface area contributed by atoms with Gasteiger partial charge in [-0.3, -0.25) is 14.5 Å². The molecule has 8 nitrogen and oxygen atoms in total. The van der Waals surface area contributed by atoms with Crippen LogP contribution in [0.25, 0.3) is 0 Å². The first kappa shape index (κ1) is 20.6. The van der Waals surface area contributed by atoms with Crippen LogP contribution in [0.3, 0.4) is 0 Å². The number of sulfone groups is 1. The minimum absolute atomic E-state index is 0.00561. The summed E-state index contributed by atoms with van der Waals surface area (Å²) in [4.78, 5) is 41.7. The van der Waals surface area contributed by atoms with Gasteiger partial charge in [-0.1, -0.05) is 19.8 Å². The van der Waals surface area contributed by atoms with E-state index in [1.807, 2.05) is 0 Å². The minimum Gasteiger partial charge on any atom is -0.334 e. The number of nitrogens with one attached hydrogen (secondary N) is 1. The van der Waals surface area contributed by atoms with Crippen molar-refractivity contribution in [3.63, 3.8) is 0 Å². The van der Waals surface area contributed by atoms with Crippen molar-refractivity contribution in [2.45, 2.75) is 82.3 Å². The first-order valence-corrected chi connectivity index (χ1v) is 12.7. The molecule has 2 saturated heterocycles. The average Bonchev–Trinajstić information content (AvgIpc) is 3.35. The Balaban J connectivity index is 1.50. The standard InChI is InChI=1S/C20H31N3O5S/c1-14-6-9-20(10-7-14)18(25)22(19(26)21-20)12-17(24)23(15-4-2-3-5-15)16-8-11-29(27,28)13-16/h14-16H,2-13H2,1H3,(H,21,26)/t14?,16-,20?/m0/s1. The molecule has 2 saturated carbocycles. The first-order chi connectivity index (χ1) is 13.7. The van der Waals surface area contributed by atoms with Crippen LogP contribution in [0.4, 0.5) is 4.79 Å². The summed E-state index contributed by atoms with van der Waals surface area (Å²) in [6.07, 6.45) is 7.13. The number of rotatable bonds is 4. The van der Waals surface area contributed by atoms with E-state index in [1.165, 1.54) is 0 Å². The van der Waals surface area contributed by atoms with Gasteiger partial charge in [-0.05, 0) is 50.9 Å². The number of hydrogen-bond acceptors (Lipinski definition) is 5. The second-order valence-electron chi connectivity index (χ2n) is 9.38. The summed E-state index contributed by atoms with van der Waals surface area (Å²) < 4.78 is 24.0. The van der Waals surface area contributed by atoms with Crippen molar-refractivity contribution in [1.82, 2.24) is 15.1 Å². The highest BCUT2D eigenvalue weighted by Gasteiger charge is 2.53. The van der Waals surface area contributed by atoms with E-state index >= 15 is 0 Å². The molecule has 0 aromatic heterocycles. The Labute approximate surface area is 172 Å². The second-order valence-corrected chi connectivity index (χ2v) is 11.6. The van der Waals surface area contributed by atoms with Crippen LogP contribution in [0.5, 0.6) is 0 Å². The second kappa shape index (κ2) is 7.56. The van der Waals surface area contributed by atoms with Crippen LogP contribution in [0.15, 0.2) is 0 Å². The summed E-state index contributed by atoms with van der Waals surface area (Å²) in [5.74, 6) is 0.00979. The fraction of sp³-hybridized carbons (Fsp3) is 0.850.